The van der Waals surface area contributed by atoms with Crippen LogP contribution < -0.4 is 10.9 Å². The van der Waals surface area contributed by atoms with Crippen LogP contribution in [0.25, 0.3) is 0 Å². The normalized spacial score (nSPS) is 12.1. The molecule has 0 saturated carbocycles. The molecule has 2 aromatic heterocycles. The van der Waals surface area contributed by atoms with Gasteiger partial charge in [0.2, 0.25) is 5.56 Å². The van der Waals surface area contributed by atoms with E-state index in [-0.39, 0.29) is 17.5 Å². The van der Waals surface area contributed by atoms with E-state index in [0.29, 0.717) is 5.56 Å². The van der Waals surface area contributed by atoms with Crippen LogP contribution in [-0.2, 0) is 0 Å². The smallest absolute Gasteiger partial charge is 0.252 e. The van der Waals surface area contributed by atoms with Crippen LogP contribution in [0.15, 0.2) is 35.5 Å². The number of H-pyrrole nitrogens is 2. The van der Waals surface area contributed by atoms with Crippen molar-refractivity contribution in [3.05, 3.63) is 52.2 Å². The second-order valence-corrected chi connectivity index (χ2v) is 3.67. The highest BCUT2D eigenvalue weighted by molar-refractivity contribution is 5.94. The van der Waals surface area contributed by atoms with Crippen molar-refractivity contribution in [1.29, 1.82) is 0 Å². The Hall–Kier alpha value is -2.37. The lowest BCUT2D eigenvalue weighted by molar-refractivity contribution is 0.0939. The second-order valence-electron chi connectivity index (χ2n) is 3.67. The molecular weight excluding hydrogens is 220 g/mol. The van der Waals surface area contributed by atoms with Crippen molar-refractivity contribution in [3.8, 4) is 0 Å². The third-order valence-corrected chi connectivity index (χ3v) is 2.40. The minimum Gasteiger partial charge on any atom is -0.345 e. The third-order valence-electron chi connectivity index (χ3n) is 2.40. The van der Waals surface area contributed by atoms with Crippen LogP contribution in [0.2, 0.25) is 0 Å². The van der Waals surface area contributed by atoms with Gasteiger partial charge in [0.05, 0.1) is 12.2 Å². The summed E-state index contributed by atoms with van der Waals surface area (Å²) in [4.78, 5) is 25.3. The van der Waals surface area contributed by atoms with E-state index in [9.17, 15) is 9.59 Å². The summed E-state index contributed by atoms with van der Waals surface area (Å²) in [6, 6.07) is 2.65. The maximum absolute atomic E-state index is 11.8. The SMILES string of the molecule is CC(NC(=O)c1cc[nH]c(=O)c1)c1cn[nH]c1. The fraction of sp³-hybridized carbons (Fsp3) is 0.182. The molecule has 0 fully saturated rings. The largest absolute Gasteiger partial charge is 0.345 e. The molecule has 3 N–H and O–H groups in total. The van der Waals surface area contributed by atoms with Crippen LogP contribution in [0.1, 0.15) is 28.9 Å². The lowest BCUT2D eigenvalue weighted by atomic mass is 10.1. The number of carbonyl (C=O) groups is 1. The van der Waals surface area contributed by atoms with Crippen molar-refractivity contribution in [3.63, 3.8) is 0 Å². The number of pyridine rings is 1. The summed E-state index contributed by atoms with van der Waals surface area (Å²) in [7, 11) is 0. The molecule has 0 aliphatic heterocycles. The minimum atomic E-state index is -0.298. The maximum atomic E-state index is 11.8. The molecule has 0 saturated heterocycles. The Labute approximate surface area is 97.1 Å². The van der Waals surface area contributed by atoms with Gasteiger partial charge in [0.25, 0.3) is 5.91 Å². The number of carbonyl (C=O) groups excluding carboxylic acids is 1. The van der Waals surface area contributed by atoms with Crippen LogP contribution in [0, 0.1) is 0 Å². The molecule has 0 radical (unpaired) electrons. The lowest BCUT2D eigenvalue weighted by Gasteiger charge is -2.11. The van der Waals surface area contributed by atoms with Gasteiger partial charge in [-0.2, -0.15) is 5.10 Å². The third kappa shape index (κ3) is 2.60. The van der Waals surface area contributed by atoms with Crippen molar-refractivity contribution in [2.45, 2.75) is 13.0 Å². The number of aromatic amines is 2. The number of nitrogens with one attached hydrogen (secondary N) is 3. The first-order valence-corrected chi connectivity index (χ1v) is 5.15. The molecule has 2 aromatic rings. The Kier molecular flexibility index (Phi) is 3.04. The predicted molar refractivity (Wildman–Crippen MR) is 61.5 cm³/mol. The predicted octanol–water partition coefficient (Wildman–Crippen LogP) is 0.589. The van der Waals surface area contributed by atoms with E-state index < -0.39 is 0 Å². The number of amides is 1. The zero-order valence-corrected chi connectivity index (χ0v) is 9.23. The van der Waals surface area contributed by atoms with Gasteiger partial charge in [-0.15, -0.1) is 0 Å². The Morgan fingerprint density at radius 3 is 3.00 bits per heavy atom. The number of hydrogen-bond acceptors (Lipinski definition) is 3. The highest BCUT2D eigenvalue weighted by Crippen LogP contribution is 2.09. The van der Waals surface area contributed by atoms with E-state index in [1.807, 2.05) is 6.92 Å². The zero-order valence-electron chi connectivity index (χ0n) is 9.23. The zero-order chi connectivity index (χ0) is 12.3. The molecule has 17 heavy (non-hydrogen) atoms. The summed E-state index contributed by atoms with van der Waals surface area (Å²) in [6.45, 7) is 1.84. The minimum absolute atomic E-state index is 0.166. The summed E-state index contributed by atoms with van der Waals surface area (Å²) < 4.78 is 0. The average Bonchev–Trinajstić information content (AvgIpc) is 2.82. The molecule has 0 aliphatic rings. The molecule has 2 heterocycles. The average molecular weight is 232 g/mol. The van der Waals surface area contributed by atoms with Gasteiger partial charge in [0.15, 0.2) is 0 Å². The summed E-state index contributed by atoms with van der Waals surface area (Å²) in [5.74, 6) is -0.287. The molecule has 1 atom stereocenters. The molecule has 6 nitrogen and oxygen atoms in total. The Morgan fingerprint density at radius 2 is 2.35 bits per heavy atom. The van der Waals surface area contributed by atoms with Gasteiger partial charge in [-0.1, -0.05) is 0 Å². The maximum Gasteiger partial charge on any atom is 0.252 e. The van der Waals surface area contributed by atoms with Gasteiger partial charge in [0, 0.05) is 29.6 Å². The van der Waals surface area contributed by atoms with E-state index in [4.69, 9.17) is 0 Å². The van der Waals surface area contributed by atoms with Gasteiger partial charge in [-0.05, 0) is 13.0 Å². The molecular formula is C11H12N4O2. The lowest BCUT2D eigenvalue weighted by Crippen LogP contribution is -2.27. The van der Waals surface area contributed by atoms with Crippen molar-refractivity contribution in [1.82, 2.24) is 20.5 Å². The van der Waals surface area contributed by atoms with Crippen molar-refractivity contribution < 1.29 is 4.79 Å². The van der Waals surface area contributed by atoms with Crippen molar-refractivity contribution in [2.75, 3.05) is 0 Å². The summed E-state index contributed by atoms with van der Waals surface area (Å²) >= 11 is 0. The number of nitrogens with zero attached hydrogens (tertiary/aromatic N) is 1. The highest BCUT2D eigenvalue weighted by Gasteiger charge is 2.12. The number of aromatic nitrogens is 3. The first-order chi connectivity index (χ1) is 8.16. The van der Waals surface area contributed by atoms with Crippen LogP contribution in [-0.4, -0.2) is 21.1 Å². The Balaban J connectivity index is 2.10. The first kappa shape index (κ1) is 11.1. The van der Waals surface area contributed by atoms with Crippen LogP contribution in [0.5, 0.6) is 0 Å². The van der Waals surface area contributed by atoms with E-state index in [1.165, 1.54) is 12.3 Å². The summed E-state index contributed by atoms with van der Waals surface area (Å²) in [5.41, 5.74) is 0.917. The van der Waals surface area contributed by atoms with Gasteiger partial charge >= 0.3 is 0 Å². The second kappa shape index (κ2) is 4.65. The standard InChI is InChI=1S/C11H12N4O2/c1-7(9-5-13-14-6-9)15-11(17)8-2-3-12-10(16)4-8/h2-7H,1H3,(H,12,16)(H,13,14)(H,15,17). The van der Waals surface area contributed by atoms with Gasteiger partial charge in [0.1, 0.15) is 0 Å². The molecule has 0 bridgehead atoms. The van der Waals surface area contributed by atoms with Crippen LogP contribution in [0.3, 0.4) is 0 Å². The molecule has 0 aromatic carbocycles. The fourth-order valence-electron chi connectivity index (χ4n) is 1.45. The van der Waals surface area contributed by atoms with E-state index in [0.717, 1.165) is 5.56 Å². The quantitative estimate of drug-likeness (QED) is 0.723. The summed E-state index contributed by atoms with van der Waals surface area (Å²) in [6.07, 6.45) is 4.80. The van der Waals surface area contributed by atoms with E-state index >= 15 is 0 Å². The van der Waals surface area contributed by atoms with E-state index in [2.05, 4.69) is 20.5 Å². The molecule has 0 spiro atoms. The van der Waals surface area contributed by atoms with Crippen molar-refractivity contribution >= 4 is 5.91 Å². The molecule has 0 aliphatic carbocycles. The summed E-state index contributed by atoms with van der Waals surface area (Å²) in [5, 5.41) is 9.26. The molecule has 2 rings (SSSR count). The monoisotopic (exact) mass is 232 g/mol. The first-order valence-electron chi connectivity index (χ1n) is 5.15. The van der Waals surface area contributed by atoms with Crippen LogP contribution >= 0.6 is 0 Å². The molecule has 1 amide bonds. The number of rotatable bonds is 3. The highest BCUT2D eigenvalue weighted by atomic mass is 16.2. The molecule has 6 heteroatoms. The molecule has 1 unspecified atom stereocenters. The van der Waals surface area contributed by atoms with E-state index in [1.54, 1.807) is 18.5 Å². The van der Waals surface area contributed by atoms with Gasteiger partial charge in [-0.25, -0.2) is 0 Å². The van der Waals surface area contributed by atoms with Crippen molar-refractivity contribution in [2.24, 2.45) is 0 Å². The topological polar surface area (TPSA) is 90.6 Å². The number of hydrogen-bond donors (Lipinski definition) is 3. The fourth-order valence-corrected chi connectivity index (χ4v) is 1.45. The molecule has 88 valence electrons. The van der Waals surface area contributed by atoms with Crippen LogP contribution in [0.4, 0.5) is 0 Å². The Bertz CT molecular complexity index is 559. The Morgan fingerprint density at radius 1 is 1.53 bits per heavy atom. The van der Waals surface area contributed by atoms with Gasteiger partial charge in [-0.3, -0.25) is 14.7 Å². The van der Waals surface area contributed by atoms with Gasteiger partial charge < -0.3 is 10.3 Å².